The number of hydrogen-bond acceptors (Lipinski definition) is 3. The van der Waals surface area contributed by atoms with Gasteiger partial charge in [0.05, 0.1) is 6.61 Å². The summed E-state index contributed by atoms with van der Waals surface area (Å²) in [6.45, 7) is 3.13. The maximum Gasteiger partial charge on any atom is 0.407 e. The van der Waals surface area contributed by atoms with Crippen LogP contribution in [-0.2, 0) is 4.74 Å². The summed E-state index contributed by atoms with van der Waals surface area (Å²) < 4.78 is 4.78. The fraction of sp³-hybridized carbons (Fsp3) is 0.750. The number of thiocarbonyl (C=S) groups is 1. The Labute approximate surface area is 78.5 Å². The first-order valence-electron chi connectivity index (χ1n) is 4.15. The minimum Gasteiger partial charge on any atom is -0.449 e. The van der Waals surface area contributed by atoms with Gasteiger partial charge in [0.2, 0.25) is 0 Å². The average molecular weight is 189 g/mol. The molecule has 0 rings (SSSR count). The molecule has 0 fully saturated rings. The van der Waals surface area contributed by atoms with Crippen LogP contribution in [0.25, 0.3) is 0 Å². The van der Waals surface area contributed by atoms with Crippen molar-refractivity contribution in [3.8, 4) is 0 Å². The number of hydrogen-bond donors (Lipinski definition) is 1. The minimum atomic E-state index is -0.347. The van der Waals surface area contributed by atoms with Gasteiger partial charge in [-0.3, -0.25) is 0 Å². The van der Waals surface area contributed by atoms with E-state index in [4.69, 9.17) is 4.74 Å². The van der Waals surface area contributed by atoms with Gasteiger partial charge in [-0.1, -0.05) is 25.6 Å². The molecule has 0 atom stereocenters. The molecule has 1 N–H and O–H groups in total. The van der Waals surface area contributed by atoms with Crippen LogP contribution in [0.4, 0.5) is 4.79 Å². The summed E-state index contributed by atoms with van der Waals surface area (Å²) in [5.74, 6) is 0. The number of amides is 1. The molecule has 4 heteroatoms. The number of carbonyl (C=O) groups is 1. The third-order valence-corrected chi connectivity index (χ3v) is 1.50. The summed E-state index contributed by atoms with van der Waals surface area (Å²) >= 11 is 4.57. The molecule has 0 saturated carbocycles. The molecule has 0 radical (unpaired) electrons. The van der Waals surface area contributed by atoms with Crippen molar-refractivity contribution in [1.29, 1.82) is 0 Å². The van der Waals surface area contributed by atoms with Gasteiger partial charge < -0.3 is 10.1 Å². The molecule has 3 nitrogen and oxygen atoms in total. The molecule has 1 amide bonds. The molecule has 0 aromatic heterocycles. The average Bonchev–Trinajstić information content (AvgIpc) is 2.06. The van der Waals surface area contributed by atoms with Crippen molar-refractivity contribution in [3.63, 3.8) is 0 Å². The molecule has 0 aliphatic rings. The lowest BCUT2D eigenvalue weighted by molar-refractivity contribution is 0.149. The second kappa shape index (κ2) is 8.46. The maximum atomic E-state index is 10.8. The van der Waals surface area contributed by atoms with E-state index in [-0.39, 0.29) is 6.09 Å². The number of nitrogens with one attached hydrogen (secondary N) is 1. The molecule has 0 saturated heterocycles. The number of ether oxygens (including phenoxy) is 1. The fourth-order valence-electron chi connectivity index (χ4n) is 0.618. The van der Waals surface area contributed by atoms with Crippen LogP contribution in [0.1, 0.15) is 26.2 Å². The molecular formula is C8H15NO2S. The van der Waals surface area contributed by atoms with E-state index in [0.29, 0.717) is 19.6 Å². The second-order valence-electron chi connectivity index (χ2n) is 2.37. The summed E-state index contributed by atoms with van der Waals surface area (Å²) in [7, 11) is 0. The quantitative estimate of drug-likeness (QED) is 0.512. The van der Waals surface area contributed by atoms with E-state index in [1.54, 1.807) is 5.37 Å². The molecule has 12 heavy (non-hydrogen) atoms. The van der Waals surface area contributed by atoms with Crippen molar-refractivity contribution in [2.75, 3.05) is 13.2 Å². The minimum absolute atomic E-state index is 0.347. The summed E-state index contributed by atoms with van der Waals surface area (Å²) in [4.78, 5) is 10.8. The predicted octanol–water partition coefficient (Wildman–Crippen LogP) is 1.90. The maximum absolute atomic E-state index is 10.8. The van der Waals surface area contributed by atoms with Crippen LogP contribution >= 0.6 is 12.2 Å². The number of carbonyl (C=O) groups excluding carboxylic acids is 1. The smallest absolute Gasteiger partial charge is 0.407 e. The van der Waals surface area contributed by atoms with Crippen molar-refractivity contribution < 1.29 is 9.53 Å². The Morgan fingerprint density at radius 3 is 3.00 bits per heavy atom. The Balaban J connectivity index is 3.15. The number of rotatable bonds is 6. The van der Waals surface area contributed by atoms with Gasteiger partial charge in [0.15, 0.2) is 0 Å². The van der Waals surface area contributed by atoms with Gasteiger partial charge in [0.1, 0.15) is 0 Å². The standard InChI is InChI=1S/C8H15NO2S/c1-2-3-5-9-8(10)11-6-4-7-12/h7H,2-6H2,1H3,(H,9,10). The lowest BCUT2D eigenvalue weighted by Crippen LogP contribution is -2.25. The number of alkyl carbamates (subject to hydrolysis) is 1. The lowest BCUT2D eigenvalue weighted by Gasteiger charge is -2.04. The van der Waals surface area contributed by atoms with Crippen LogP contribution in [0.5, 0.6) is 0 Å². The highest BCUT2D eigenvalue weighted by molar-refractivity contribution is 7.78. The Morgan fingerprint density at radius 2 is 2.42 bits per heavy atom. The zero-order valence-electron chi connectivity index (χ0n) is 7.34. The van der Waals surface area contributed by atoms with E-state index in [9.17, 15) is 4.79 Å². The molecule has 0 bridgehead atoms. The molecule has 0 aromatic carbocycles. The summed E-state index contributed by atoms with van der Waals surface area (Å²) in [5, 5.41) is 4.19. The molecule has 0 aromatic rings. The van der Waals surface area contributed by atoms with Crippen molar-refractivity contribution in [3.05, 3.63) is 0 Å². The van der Waals surface area contributed by atoms with Gasteiger partial charge in [0.25, 0.3) is 0 Å². The van der Waals surface area contributed by atoms with E-state index in [1.807, 2.05) is 0 Å². The van der Waals surface area contributed by atoms with Crippen LogP contribution in [0.2, 0.25) is 0 Å². The summed E-state index contributed by atoms with van der Waals surface area (Å²) in [6.07, 6.45) is 2.35. The van der Waals surface area contributed by atoms with Gasteiger partial charge in [-0.2, -0.15) is 0 Å². The van der Waals surface area contributed by atoms with E-state index in [2.05, 4.69) is 24.5 Å². The molecule has 70 valence electrons. The SMILES string of the molecule is CCCCNC(=O)OCCC=S. The lowest BCUT2D eigenvalue weighted by atomic mass is 10.3. The van der Waals surface area contributed by atoms with Crippen molar-refractivity contribution in [1.82, 2.24) is 5.32 Å². The Kier molecular flexibility index (Phi) is 8.01. The van der Waals surface area contributed by atoms with Gasteiger partial charge in [-0.25, -0.2) is 4.79 Å². The van der Waals surface area contributed by atoms with E-state index in [0.717, 1.165) is 12.8 Å². The van der Waals surface area contributed by atoms with Crippen molar-refractivity contribution >= 4 is 23.7 Å². The normalized spacial score (nSPS) is 9.08. The highest BCUT2D eigenvalue weighted by Crippen LogP contribution is 1.85. The van der Waals surface area contributed by atoms with Crippen LogP contribution in [-0.4, -0.2) is 24.6 Å². The highest BCUT2D eigenvalue weighted by atomic mass is 32.1. The van der Waals surface area contributed by atoms with Crippen LogP contribution in [0.15, 0.2) is 0 Å². The molecule has 0 aliphatic carbocycles. The third kappa shape index (κ3) is 7.47. The fourth-order valence-corrected chi connectivity index (χ4v) is 0.714. The molecule has 0 heterocycles. The van der Waals surface area contributed by atoms with Crippen molar-refractivity contribution in [2.24, 2.45) is 0 Å². The third-order valence-electron chi connectivity index (χ3n) is 1.27. The first-order chi connectivity index (χ1) is 5.81. The predicted molar refractivity (Wildman–Crippen MR) is 52.5 cm³/mol. The van der Waals surface area contributed by atoms with Crippen molar-refractivity contribution in [2.45, 2.75) is 26.2 Å². The van der Waals surface area contributed by atoms with Gasteiger partial charge in [-0.15, -0.1) is 0 Å². The zero-order valence-corrected chi connectivity index (χ0v) is 8.15. The van der Waals surface area contributed by atoms with E-state index >= 15 is 0 Å². The largest absolute Gasteiger partial charge is 0.449 e. The van der Waals surface area contributed by atoms with Gasteiger partial charge in [0, 0.05) is 13.0 Å². The first-order valence-corrected chi connectivity index (χ1v) is 4.62. The van der Waals surface area contributed by atoms with Gasteiger partial charge >= 0.3 is 6.09 Å². The monoisotopic (exact) mass is 189 g/mol. The summed E-state index contributed by atoms with van der Waals surface area (Å²) in [6, 6.07) is 0. The molecule has 0 spiro atoms. The Morgan fingerprint density at radius 1 is 1.67 bits per heavy atom. The van der Waals surface area contributed by atoms with Gasteiger partial charge in [-0.05, 0) is 11.8 Å². The summed E-state index contributed by atoms with van der Waals surface area (Å²) in [5.41, 5.74) is 0. The second-order valence-corrected chi connectivity index (χ2v) is 2.70. The van der Waals surface area contributed by atoms with Crippen LogP contribution < -0.4 is 5.32 Å². The topological polar surface area (TPSA) is 38.3 Å². The molecular weight excluding hydrogens is 174 g/mol. The zero-order chi connectivity index (χ0) is 9.23. The Hall–Kier alpha value is -0.640. The van der Waals surface area contributed by atoms with E-state index in [1.165, 1.54) is 0 Å². The Bertz CT molecular complexity index is 139. The van der Waals surface area contributed by atoms with E-state index < -0.39 is 0 Å². The first kappa shape index (κ1) is 11.4. The number of unbranched alkanes of at least 4 members (excludes halogenated alkanes) is 1. The van der Waals surface area contributed by atoms with Crippen LogP contribution in [0, 0.1) is 0 Å². The highest BCUT2D eigenvalue weighted by Gasteiger charge is 1.97. The molecule has 0 aliphatic heterocycles. The molecule has 0 unspecified atom stereocenters. The van der Waals surface area contributed by atoms with Crippen LogP contribution in [0.3, 0.4) is 0 Å².